The molecule has 0 bridgehead atoms. The molecule has 0 aliphatic rings. The second-order valence-electron chi connectivity index (χ2n) is 6.03. The average molecular weight is 302 g/mol. The highest BCUT2D eigenvalue weighted by Crippen LogP contribution is 2.35. The number of phenolic OH excluding ortho intramolecular Hbond substituents is 3. The third-order valence-electron chi connectivity index (χ3n) is 3.24. The lowest BCUT2D eigenvalue weighted by molar-refractivity contribution is 0.0733. The van der Waals surface area contributed by atoms with Gasteiger partial charge >= 0.3 is 5.97 Å². The Morgan fingerprint density at radius 2 is 1.45 bits per heavy atom. The standard InChI is InChI=1S/C17H18O5/c1-17(2,3)11-4-6-12(7-5-11)22-16(21)10-8-13(18)15(20)14(19)9-10/h4-9,18-20H,1-3H3. The van der Waals surface area contributed by atoms with E-state index in [1.807, 2.05) is 12.1 Å². The van der Waals surface area contributed by atoms with Gasteiger partial charge in [-0.3, -0.25) is 0 Å². The normalized spacial score (nSPS) is 11.2. The van der Waals surface area contributed by atoms with Crippen LogP contribution in [0.4, 0.5) is 0 Å². The Kier molecular flexibility index (Phi) is 3.99. The first-order valence-electron chi connectivity index (χ1n) is 6.76. The van der Waals surface area contributed by atoms with Gasteiger partial charge in [0, 0.05) is 0 Å². The van der Waals surface area contributed by atoms with E-state index in [1.165, 1.54) is 0 Å². The molecule has 0 aliphatic carbocycles. The lowest BCUT2D eigenvalue weighted by Gasteiger charge is -2.19. The van der Waals surface area contributed by atoms with E-state index in [0.717, 1.165) is 17.7 Å². The van der Waals surface area contributed by atoms with E-state index in [0.29, 0.717) is 5.75 Å². The van der Waals surface area contributed by atoms with E-state index in [1.54, 1.807) is 12.1 Å². The molecule has 5 heteroatoms. The molecule has 0 aliphatic heterocycles. The van der Waals surface area contributed by atoms with Crippen molar-refractivity contribution in [2.45, 2.75) is 26.2 Å². The Morgan fingerprint density at radius 1 is 0.955 bits per heavy atom. The summed E-state index contributed by atoms with van der Waals surface area (Å²) in [5.74, 6) is -2.24. The minimum Gasteiger partial charge on any atom is -0.504 e. The van der Waals surface area contributed by atoms with Crippen molar-refractivity contribution in [3.63, 3.8) is 0 Å². The van der Waals surface area contributed by atoms with E-state index in [4.69, 9.17) is 4.74 Å². The molecular weight excluding hydrogens is 284 g/mol. The maximum atomic E-state index is 12.0. The number of hydrogen-bond acceptors (Lipinski definition) is 5. The topological polar surface area (TPSA) is 87.0 Å². The summed E-state index contributed by atoms with van der Waals surface area (Å²) in [6, 6.07) is 9.15. The SMILES string of the molecule is CC(C)(C)c1ccc(OC(=O)c2cc(O)c(O)c(O)c2)cc1. The van der Waals surface area contributed by atoms with Gasteiger partial charge in [-0.1, -0.05) is 32.9 Å². The van der Waals surface area contributed by atoms with Gasteiger partial charge in [0.05, 0.1) is 5.56 Å². The predicted molar refractivity (Wildman–Crippen MR) is 81.5 cm³/mol. The Labute approximate surface area is 128 Å². The van der Waals surface area contributed by atoms with Gasteiger partial charge in [-0.05, 0) is 35.2 Å². The average Bonchev–Trinajstić information content (AvgIpc) is 2.43. The molecule has 2 aromatic rings. The van der Waals surface area contributed by atoms with Crippen LogP contribution in [0.2, 0.25) is 0 Å². The summed E-state index contributed by atoms with van der Waals surface area (Å²) in [4.78, 5) is 12.0. The number of benzene rings is 2. The van der Waals surface area contributed by atoms with Gasteiger partial charge < -0.3 is 20.1 Å². The summed E-state index contributed by atoms with van der Waals surface area (Å²) in [6.45, 7) is 6.24. The zero-order valence-electron chi connectivity index (χ0n) is 12.6. The summed E-state index contributed by atoms with van der Waals surface area (Å²) in [5.41, 5.74) is 1.04. The quantitative estimate of drug-likeness (QED) is 0.450. The molecule has 2 aromatic carbocycles. The van der Waals surface area contributed by atoms with E-state index >= 15 is 0 Å². The van der Waals surface area contributed by atoms with Crippen LogP contribution in [0, 0.1) is 0 Å². The number of ether oxygens (including phenoxy) is 1. The first-order chi connectivity index (χ1) is 10.2. The number of phenols is 3. The van der Waals surface area contributed by atoms with Crippen LogP contribution < -0.4 is 4.74 Å². The second kappa shape index (κ2) is 5.60. The summed E-state index contributed by atoms with van der Waals surface area (Å²) < 4.78 is 5.18. The number of carbonyl (C=O) groups excluding carboxylic acids is 1. The van der Waals surface area contributed by atoms with Crippen molar-refractivity contribution in [3.05, 3.63) is 47.5 Å². The van der Waals surface area contributed by atoms with Gasteiger partial charge in [-0.2, -0.15) is 0 Å². The van der Waals surface area contributed by atoms with Gasteiger partial charge in [0.2, 0.25) is 0 Å². The van der Waals surface area contributed by atoms with Gasteiger partial charge in [-0.15, -0.1) is 0 Å². The molecule has 0 saturated heterocycles. The minimum atomic E-state index is -0.742. The molecule has 3 N–H and O–H groups in total. The van der Waals surface area contributed by atoms with Crippen LogP contribution in [0.15, 0.2) is 36.4 Å². The molecule has 0 fully saturated rings. The summed E-state index contributed by atoms with van der Waals surface area (Å²) in [7, 11) is 0. The molecule has 5 nitrogen and oxygen atoms in total. The molecule has 116 valence electrons. The number of esters is 1. The highest BCUT2D eigenvalue weighted by molar-refractivity contribution is 5.92. The van der Waals surface area contributed by atoms with Crippen LogP contribution in [0.3, 0.4) is 0 Å². The highest BCUT2D eigenvalue weighted by atomic mass is 16.5. The van der Waals surface area contributed by atoms with E-state index in [-0.39, 0.29) is 11.0 Å². The van der Waals surface area contributed by atoms with Crippen LogP contribution in [-0.4, -0.2) is 21.3 Å². The molecule has 0 amide bonds. The van der Waals surface area contributed by atoms with Crippen molar-refractivity contribution in [3.8, 4) is 23.0 Å². The Hall–Kier alpha value is -2.69. The van der Waals surface area contributed by atoms with Gasteiger partial charge in [0.1, 0.15) is 5.75 Å². The first kappa shape index (κ1) is 15.7. The van der Waals surface area contributed by atoms with Gasteiger partial charge in [0.25, 0.3) is 0 Å². The van der Waals surface area contributed by atoms with Crippen LogP contribution in [0.5, 0.6) is 23.0 Å². The van der Waals surface area contributed by atoms with Crippen LogP contribution in [0.25, 0.3) is 0 Å². The largest absolute Gasteiger partial charge is 0.504 e. The molecule has 0 unspecified atom stereocenters. The summed E-state index contributed by atoms with van der Waals surface area (Å²) in [5, 5.41) is 28.1. The second-order valence-corrected chi connectivity index (χ2v) is 6.03. The number of aromatic hydroxyl groups is 3. The lowest BCUT2D eigenvalue weighted by atomic mass is 9.87. The zero-order valence-corrected chi connectivity index (χ0v) is 12.6. The molecule has 22 heavy (non-hydrogen) atoms. The third kappa shape index (κ3) is 3.31. The Balaban J connectivity index is 2.19. The maximum absolute atomic E-state index is 12.0. The third-order valence-corrected chi connectivity index (χ3v) is 3.24. The van der Waals surface area contributed by atoms with Crippen molar-refractivity contribution in [1.29, 1.82) is 0 Å². The number of hydrogen-bond donors (Lipinski definition) is 3. The summed E-state index contributed by atoms with van der Waals surface area (Å²) >= 11 is 0. The molecule has 0 spiro atoms. The van der Waals surface area contributed by atoms with E-state index in [2.05, 4.69) is 20.8 Å². The van der Waals surface area contributed by atoms with Crippen molar-refractivity contribution in [2.24, 2.45) is 0 Å². The molecule has 0 heterocycles. The van der Waals surface area contributed by atoms with Gasteiger partial charge in [0.15, 0.2) is 17.2 Å². The summed E-state index contributed by atoms with van der Waals surface area (Å²) in [6.07, 6.45) is 0. The van der Waals surface area contributed by atoms with Crippen molar-refractivity contribution in [2.75, 3.05) is 0 Å². The van der Waals surface area contributed by atoms with Gasteiger partial charge in [-0.25, -0.2) is 4.79 Å². The fraction of sp³-hybridized carbons (Fsp3) is 0.235. The Morgan fingerprint density at radius 3 is 1.91 bits per heavy atom. The first-order valence-corrected chi connectivity index (χ1v) is 6.76. The molecule has 0 atom stereocenters. The minimum absolute atomic E-state index is 0.00290. The van der Waals surface area contributed by atoms with Crippen molar-refractivity contribution in [1.82, 2.24) is 0 Å². The highest BCUT2D eigenvalue weighted by Gasteiger charge is 2.16. The zero-order chi connectivity index (χ0) is 16.5. The smallest absolute Gasteiger partial charge is 0.343 e. The Bertz CT molecular complexity index is 673. The van der Waals surface area contributed by atoms with E-state index in [9.17, 15) is 20.1 Å². The van der Waals surface area contributed by atoms with Crippen LogP contribution >= 0.6 is 0 Å². The van der Waals surface area contributed by atoms with E-state index < -0.39 is 23.2 Å². The number of carbonyl (C=O) groups is 1. The molecule has 0 saturated carbocycles. The molecular formula is C17H18O5. The lowest BCUT2D eigenvalue weighted by Crippen LogP contribution is -2.11. The fourth-order valence-corrected chi connectivity index (χ4v) is 1.91. The molecule has 0 aromatic heterocycles. The fourth-order valence-electron chi connectivity index (χ4n) is 1.91. The van der Waals surface area contributed by atoms with Crippen LogP contribution in [0.1, 0.15) is 36.7 Å². The number of rotatable bonds is 2. The van der Waals surface area contributed by atoms with Crippen molar-refractivity contribution < 1.29 is 24.9 Å². The predicted octanol–water partition coefficient (Wildman–Crippen LogP) is 3.32. The van der Waals surface area contributed by atoms with Crippen molar-refractivity contribution >= 4 is 5.97 Å². The monoisotopic (exact) mass is 302 g/mol. The molecule has 2 rings (SSSR count). The maximum Gasteiger partial charge on any atom is 0.343 e. The molecule has 0 radical (unpaired) electrons. The van der Waals surface area contributed by atoms with Crippen LogP contribution in [-0.2, 0) is 5.41 Å².